The summed E-state index contributed by atoms with van der Waals surface area (Å²) < 4.78 is 11.2. The lowest BCUT2D eigenvalue weighted by Crippen LogP contribution is -2.51. The zero-order valence-corrected chi connectivity index (χ0v) is 20.2. The van der Waals surface area contributed by atoms with Crippen molar-refractivity contribution in [3.63, 3.8) is 0 Å². The van der Waals surface area contributed by atoms with Crippen molar-refractivity contribution in [3.8, 4) is 11.5 Å². The third-order valence-electron chi connectivity index (χ3n) is 7.28. The van der Waals surface area contributed by atoms with Gasteiger partial charge in [0.25, 0.3) is 5.89 Å². The molecule has 33 heavy (non-hydrogen) atoms. The standard InChI is InChI=1S/C26H35N5O2/c1-5-19-6-7-23-22(15-19)17(3)24(26-27-18(4)30-33-26)25(29-23)31-11-8-21(14-16(31)2)28-20-9-12-32-13-10-20/h6-7,15-16,20-21,28H,5,8-14H2,1-4H3/t16-,21-/m1/s1. The molecule has 2 aliphatic rings. The highest BCUT2D eigenvalue weighted by molar-refractivity contribution is 5.92. The van der Waals surface area contributed by atoms with Crippen molar-refractivity contribution >= 4 is 16.7 Å². The molecule has 0 amide bonds. The van der Waals surface area contributed by atoms with Crippen molar-refractivity contribution in [1.29, 1.82) is 0 Å². The van der Waals surface area contributed by atoms with Crippen LogP contribution in [0.1, 0.15) is 56.5 Å². The van der Waals surface area contributed by atoms with Crippen LogP contribution in [0.4, 0.5) is 5.82 Å². The lowest BCUT2D eigenvalue weighted by Gasteiger charge is -2.41. The van der Waals surface area contributed by atoms with Gasteiger partial charge in [0.1, 0.15) is 5.82 Å². The number of fused-ring (bicyclic) bond motifs is 1. The first-order chi connectivity index (χ1) is 16.0. The van der Waals surface area contributed by atoms with Gasteiger partial charge in [0.2, 0.25) is 0 Å². The summed E-state index contributed by atoms with van der Waals surface area (Å²) in [5, 5.41) is 9.13. The van der Waals surface area contributed by atoms with E-state index in [1.807, 2.05) is 6.92 Å². The zero-order valence-electron chi connectivity index (χ0n) is 20.2. The molecule has 0 bridgehead atoms. The minimum Gasteiger partial charge on any atom is -0.381 e. The minimum atomic E-state index is 0.359. The molecule has 7 heteroatoms. The molecule has 0 spiro atoms. The van der Waals surface area contributed by atoms with Gasteiger partial charge in [0.05, 0.1) is 11.1 Å². The summed E-state index contributed by atoms with van der Waals surface area (Å²) in [5.41, 5.74) is 4.46. The summed E-state index contributed by atoms with van der Waals surface area (Å²) in [6.45, 7) is 11.2. The Balaban J connectivity index is 1.49. The third-order valence-corrected chi connectivity index (χ3v) is 7.28. The topological polar surface area (TPSA) is 76.3 Å². The second kappa shape index (κ2) is 9.39. The molecule has 2 fully saturated rings. The number of piperidine rings is 1. The molecule has 4 heterocycles. The number of pyridine rings is 1. The summed E-state index contributed by atoms with van der Waals surface area (Å²) in [5.74, 6) is 2.17. The summed E-state index contributed by atoms with van der Waals surface area (Å²) in [7, 11) is 0. The normalized spacial score (nSPS) is 22.2. The number of nitrogens with zero attached hydrogens (tertiary/aromatic N) is 4. The molecule has 0 unspecified atom stereocenters. The number of hydrogen-bond acceptors (Lipinski definition) is 7. The number of aryl methyl sites for hydroxylation is 3. The average Bonchev–Trinajstić information content (AvgIpc) is 3.25. The molecule has 0 aliphatic carbocycles. The number of benzene rings is 1. The molecule has 2 aromatic heterocycles. The summed E-state index contributed by atoms with van der Waals surface area (Å²) in [6, 6.07) is 8.05. The highest BCUT2D eigenvalue weighted by atomic mass is 16.5. The Morgan fingerprint density at radius 2 is 1.91 bits per heavy atom. The lowest BCUT2D eigenvalue weighted by molar-refractivity contribution is 0.0733. The van der Waals surface area contributed by atoms with E-state index >= 15 is 0 Å². The van der Waals surface area contributed by atoms with Gasteiger partial charge in [-0.05, 0) is 76.1 Å². The van der Waals surface area contributed by atoms with Crippen LogP contribution in [0.3, 0.4) is 0 Å². The number of anilines is 1. The molecule has 2 atom stereocenters. The first-order valence-electron chi connectivity index (χ1n) is 12.4. The Labute approximate surface area is 195 Å². The van der Waals surface area contributed by atoms with E-state index in [1.54, 1.807) is 0 Å². The van der Waals surface area contributed by atoms with E-state index < -0.39 is 0 Å². The molecule has 2 aliphatic heterocycles. The van der Waals surface area contributed by atoms with Crippen molar-refractivity contribution in [2.24, 2.45) is 0 Å². The molecule has 5 rings (SSSR count). The molecule has 1 aromatic carbocycles. The Bertz CT molecular complexity index is 1120. The van der Waals surface area contributed by atoms with Crippen molar-refractivity contribution in [3.05, 3.63) is 35.2 Å². The van der Waals surface area contributed by atoms with Crippen LogP contribution in [0.15, 0.2) is 22.7 Å². The molecule has 3 aromatic rings. The smallest absolute Gasteiger partial charge is 0.261 e. The molecule has 7 nitrogen and oxygen atoms in total. The molecular formula is C26H35N5O2. The van der Waals surface area contributed by atoms with Crippen molar-refractivity contribution in [2.75, 3.05) is 24.7 Å². The first-order valence-corrected chi connectivity index (χ1v) is 12.4. The highest BCUT2D eigenvalue weighted by Crippen LogP contribution is 2.38. The van der Waals surface area contributed by atoms with Crippen molar-refractivity contribution in [1.82, 2.24) is 20.4 Å². The number of rotatable bonds is 5. The molecule has 0 radical (unpaired) electrons. The Kier molecular flexibility index (Phi) is 6.34. The van der Waals surface area contributed by atoms with E-state index in [-0.39, 0.29) is 0 Å². The number of ether oxygens (including phenoxy) is 1. The largest absolute Gasteiger partial charge is 0.381 e. The fraction of sp³-hybridized carbons (Fsp3) is 0.577. The second-order valence-corrected chi connectivity index (χ2v) is 9.60. The van der Waals surface area contributed by atoms with Crippen molar-refractivity contribution < 1.29 is 9.26 Å². The van der Waals surface area contributed by atoms with Crippen LogP contribution in [0.5, 0.6) is 0 Å². The molecule has 1 N–H and O–H groups in total. The van der Waals surface area contributed by atoms with Crippen LogP contribution in [-0.2, 0) is 11.2 Å². The molecule has 2 saturated heterocycles. The number of hydrogen-bond donors (Lipinski definition) is 1. The van der Waals surface area contributed by atoms with Crippen LogP contribution in [-0.4, -0.2) is 53.0 Å². The van der Waals surface area contributed by atoms with Crippen LogP contribution >= 0.6 is 0 Å². The van der Waals surface area contributed by atoms with Crippen LogP contribution in [0.2, 0.25) is 0 Å². The van der Waals surface area contributed by atoms with E-state index in [9.17, 15) is 0 Å². The monoisotopic (exact) mass is 449 g/mol. The number of aromatic nitrogens is 3. The van der Waals surface area contributed by atoms with E-state index in [0.29, 0.717) is 29.8 Å². The quantitative estimate of drug-likeness (QED) is 0.610. The van der Waals surface area contributed by atoms with Crippen LogP contribution in [0.25, 0.3) is 22.4 Å². The second-order valence-electron chi connectivity index (χ2n) is 9.60. The van der Waals surface area contributed by atoms with Crippen LogP contribution < -0.4 is 10.2 Å². The van der Waals surface area contributed by atoms with Gasteiger partial charge < -0.3 is 19.5 Å². The summed E-state index contributed by atoms with van der Waals surface area (Å²) >= 11 is 0. The highest BCUT2D eigenvalue weighted by Gasteiger charge is 2.32. The fourth-order valence-electron chi connectivity index (χ4n) is 5.37. The average molecular weight is 450 g/mol. The Morgan fingerprint density at radius 1 is 1.09 bits per heavy atom. The Hall–Kier alpha value is -2.51. The maximum Gasteiger partial charge on any atom is 0.261 e. The van der Waals surface area contributed by atoms with E-state index in [1.165, 1.54) is 5.56 Å². The van der Waals surface area contributed by atoms with E-state index in [2.05, 4.69) is 59.3 Å². The van der Waals surface area contributed by atoms with Crippen LogP contribution in [0, 0.1) is 13.8 Å². The van der Waals surface area contributed by atoms with Crippen molar-refractivity contribution in [2.45, 2.75) is 77.9 Å². The Morgan fingerprint density at radius 3 is 2.61 bits per heavy atom. The van der Waals surface area contributed by atoms with E-state index in [4.69, 9.17) is 14.2 Å². The minimum absolute atomic E-state index is 0.359. The maximum absolute atomic E-state index is 5.67. The maximum atomic E-state index is 5.67. The predicted molar refractivity (Wildman–Crippen MR) is 131 cm³/mol. The predicted octanol–water partition coefficient (Wildman–Crippen LogP) is 4.59. The SMILES string of the molecule is CCc1ccc2nc(N3CC[C@@H](NC4CCOCC4)C[C@H]3C)c(-c3nc(C)no3)c(C)c2c1. The summed E-state index contributed by atoms with van der Waals surface area (Å²) in [6.07, 6.45) is 5.41. The zero-order chi connectivity index (χ0) is 22.9. The van der Waals surface area contributed by atoms with E-state index in [0.717, 1.165) is 79.7 Å². The molecule has 176 valence electrons. The van der Waals surface area contributed by atoms with Gasteiger partial charge in [0.15, 0.2) is 5.82 Å². The summed E-state index contributed by atoms with van der Waals surface area (Å²) in [4.78, 5) is 12.2. The van der Waals surface area contributed by atoms with Gasteiger partial charge >= 0.3 is 0 Å². The van der Waals surface area contributed by atoms with Gasteiger partial charge in [-0.15, -0.1) is 0 Å². The fourth-order valence-corrected chi connectivity index (χ4v) is 5.37. The molecular weight excluding hydrogens is 414 g/mol. The first kappa shape index (κ1) is 22.3. The van der Waals surface area contributed by atoms with Gasteiger partial charge in [-0.25, -0.2) is 4.98 Å². The van der Waals surface area contributed by atoms with Gasteiger partial charge in [-0.2, -0.15) is 4.98 Å². The molecule has 0 saturated carbocycles. The lowest BCUT2D eigenvalue weighted by atomic mass is 9.94. The van der Waals surface area contributed by atoms with Gasteiger partial charge in [-0.3, -0.25) is 0 Å². The van der Waals surface area contributed by atoms with Gasteiger partial charge in [0, 0.05) is 43.3 Å². The number of nitrogens with one attached hydrogen (secondary N) is 1. The van der Waals surface area contributed by atoms with Gasteiger partial charge in [-0.1, -0.05) is 18.1 Å². The third kappa shape index (κ3) is 4.49.